The maximum atomic E-state index is 13.5. The van der Waals surface area contributed by atoms with Crippen molar-refractivity contribution in [2.24, 2.45) is 0 Å². The molecule has 0 bridgehead atoms. The van der Waals surface area contributed by atoms with Gasteiger partial charge in [0, 0.05) is 11.1 Å². The molecule has 162 valence electrons. The van der Waals surface area contributed by atoms with Crippen molar-refractivity contribution in [2.45, 2.75) is 44.5 Å². The highest BCUT2D eigenvalue weighted by Gasteiger charge is 2.19. The van der Waals surface area contributed by atoms with Crippen molar-refractivity contribution >= 4 is 39.8 Å². The molecule has 0 aliphatic heterocycles. The zero-order valence-corrected chi connectivity index (χ0v) is 19.8. The lowest BCUT2D eigenvalue weighted by molar-refractivity contribution is 0.900. The van der Waals surface area contributed by atoms with Crippen LogP contribution in [0.4, 0.5) is 0 Å². The van der Waals surface area contributed by atoms with E-state index in [1.807, 2.05) is 54.6 Å². The van der Waals surface area contributed by atoms with Gasteiger partial charge in [0.25, 0.3) is 5.56 Å². The molecule has 0 aliphatic carbocycles. The van der Waals surface area contributed by atoms with Crippen LogP contribution in [0, 0.1) is 13.8 Å². The van der Waals surface area contributed by atoms with Gasteiger partial charge in [-0.25, -0.2) is 9.55 Å². The largest absolute Gasteiger partial charge is 0.268 e. The molecule has 0 saturated carbocycles. The molecule has 0 aliphatic rings. The summed E-state index contributed by atoms with van der Waals surface area (Å²) in [4.78, 5) is 18.2. The zero-order chi connectivity index (χ0) is 22.2. The van der Waals surface area contributed by atoms with Gasteiger partial charge in [-0.1, -0.05) is 48.5 Å². The molecule has 3 heterocycles. The van der Waals surface area contributed by atoms with Crippen LogP contribution in [-0.2, 0) is 12.2 Å². The third kappa shape index (κ3) is 3.63. The summed E-state index contributed by atoms with van der Waals surface area (Å²) in [7, 11) is 0. The Morgan fingerprint density at radius 2 is 1.94 bits per heavy atom. The van der Waals surface area contributed by atoms with Crippen molar-refractivity contribution in [3.8, 4) is 5.69 Å². The SMILES string of the molecule is CCCc1nc(CSc2nnc3n(-c4ccc(C)cc4C)c(=O)c4ccccc4n23)cs1. The van der Waals surface area contributed by atoms with Gasteiger partial charge < -0.3 is 0 Å². The summed E-state index contributed by atoms with van der Waals surface area (Å²) in [5, 5.41) is 13.6. The predicted octanol–water partition coefficient (Wildman–Crippen LogP) is 5.35. The summed E-state index contributed by atoms with van der Waals surface area (Å²) in [6.07, 6.45) is 2.10. The molecule has 0 spiro atoms. The van der Waals surface area contributed by atoms with Gasteiger partial charge in [-0.2, -0.15) is 0 Å². The number of fused-ring (bicyclic) bond motifs is 3. The summed E-state index contributed by atoms with van der Waals surface area (Å²) in [6, 6.07) is 13.7. The van der Waals surface area contributed by atoms with Crippen LogP contribution in [0.5, 0.6) is 0 Å². The topological polar surface area (TPSA) is 65.1 Å². The number of para-hydroxylation sites is 1. The van der Waals surface area contributed by atoms with Gasteiger partial charge in [0.1, 0.15) is 0 Å². The van der Waals surface area contributed by atoms with E-state index in [0.29, 0.717) is 16.9 Å². The van der Waals surface area contributed by atoms with Crippen LogP contribution in [-0.4, -0.2) is 24.1 Å². The Labute approximate surface area is 194 Å². The number of benzene rings is 2. The maximum absolute atomic E-state index is 13.5. The van der Waals surface area contributed by atoms with Crippen LogP contribution in [0.25, 0.3) is 22.4 Å². The van der Waals surface area contributed by atoms with Crippen LogP contribution < -0.4 is 5.56 Å². The Morgan fingerprint density at radius 3 is 2.75 bits per heavy atom. The molecule has 5 aromatic rings. The first kappa shape index (κ1) is 20.9. The van der Waals surface area contributed by atoms with Crippen molar-refractivity contribution in [2.75, 3.05) is 0 Å². The van der Waals surface area contributed by atoms with E-state index in [4.69, 9.17) is 4.98 Å². The Bertz CT molecular complexity index is 1500. The van der Waals surface area contributed by atoms with Crippen LogP contribution >= 0.6 is 23.1 Å². The second kappa shape index (κ2) is 8.52. The smallest absolute Gasteiger partial charge is 0.267 e. The molecular weight excluding hydrogens is 438 g/mol. The fourth-order valence-electron chi connectivity index (χ4n) is 3.93. The molecular formula is C24H23N5OS2. The fourth-order valence-corrected chi connectivity index (χ4v) is 5.77. The molecule has 0 atom stereocenters. The van der Waals surface area contributed by atoms with Crippen molar-refractivity contribution in [1.29, 1.82) is 0 Å². The lowest BCUT2D eigenvalue weighted by atomic mass is 10.1. The van der Waals surface area contributed by atoms with Crippen LogP contribution in [0.1, 0.15) is 35.2 Å². The standard InChI is InChI=1S/C24H23N5OS2/c1-4-7-21-25-17(13-31-21)14-32-24-27-26-23-28(19-11-10-15(2)12-16(19)3)22(30)18-8-5-6-9-20(18)29(23)24/h5-6,8-13H,4,7,14H2,1-3H3. The molecule has 2 aromatic carbocycles. The molecule has 3 aromatic heterocycles. The number of aromatic nitrogens is 5. The van der Waals surface area contributed by atoms with Crippen LogP contribution in [0.2, 0.25) is 0 Å². The van der Waals surface area contributed by atoms with Crippen molar-refractivity contribution in [1.82, 2.24) is 24.1 Å². The van der Waals surface area contributed by atoms with Crippen molar-refractivity contribution < 1.29 is 0 Å². The highest BCUT2D eigenvalue weighted by Crippen LogP contribution is 2.27. The third-order valence-corrected chi connectivity index (χ3v) is 7.32. The molecule has 0 saturated heterocycles. The first-order valence-corrected chi connectivity index (χ1v) is 12.5. The fraction of sp³-hybridized carbons (Fsp3) is 0.250. The van der Waals surface area contributed by atoms with E-state index in [1.165, 1.54) is 5.01 Å². The quantitative estimate of drug-likeness (QED) is 0.319. The average Bonchev–Trinajstić information content (AvgIpc) is 3.41. The van der Waals surface area contributed by atoms with Gasteiger partial charge in [-0.15, -0.1) is 21.5 Å². The monoisotopic (exact) mass is 461 g/mol. The number of nitrogens with zero attached hydrogens (tertiary/aromatic N) is 5. The van der Waals surface area contributed by atoms with E-state index in [2.05, 4.69) is 28.6 Å². The highest BCUT2D eigenvalue weighted by atomic mass is 32.2. The molecule has 32 heavy (non-hydrogen) atoms. The van der Waals surface area contributed by atoms with Crippen molar-refractivity contribution in [3.63, 3.8) is 0 Å². The van der Waals surface area contributed by atoms with Gasteiger partial charge in [-0.05, 0) is 50.5 Å². The Hall–Kier alpha value is -2.97. The number of hydrogen-bond donors (Lipinski definition) is 0. The summed E-state index contributed by atoms with van der Waals surface area (Å²) in [5.41, 5.74) is 4.77. The van der Waals surface area contributed by atoms with E-state index < -0.39 is 0 Å². The van der Waals surface area contributed by atoms with Gasteiger partial charge in [0.2, 0.25) is 5.78 Å². The average molecular weight is 462 g/mol. The second-order valence-corrected chi connectivity index (χ2v) is 9.72. The molecule has 6 nitrogen and oxygen atoms in total. The number of rotatable bonds is 6. The van der Waals surface area contributed by atoms with E-state index in [9.17, 15) is 4.79 Å². The molecule has 0 fully saturated rings. The van der Waals surface area contributed by atoms with E-state index in [1.54, 1.807) is 27.7 Å². The Kier molecular flexibility index (Phi) is 5.57. The maximum Gasteiger partial charge on any atom is 0.267 e. The lowest BCUT2D eigenvalue weighted by Crippen LogP contribution is -2.22. The normalized spacial score (nSPS) is 11.6. The molecule has 5 rings (SSSR count). The van der Waals surface area contributed by atoms with E-state index in [0.717, 1.165) is 46.0 Å². The minimum absolute atomic E-state index is 0.0901. The van der Waals surface area contributed by atoms with Gasteiger partial charge >= 0.3 is 0 Å². The second-order valence-electron chi connectivity index (χ2n) is 7.84. The molecule has 0 unspecified atom stereocenters. The van der Waals surface area contributed by atoms with Crippen LogP contribution in [0.3, 0.4) is 0 Å². The van der Waals surface area contributed by atoms with Gasteiger partial charge in [0.05, 0.1) is 27.3 Å². The summed E-state index contributed by atoms with van der Waals surface area (Å²) >= 11 is 3.30. The van der Waals surface area contributed by atoms with Gasteiger partial charge in [0.15, 0.2) is 5.16 Å². The zero-order valence-electron chi connectivity index (χ0n) is 18.2. The number of thioether (sulfide) groups is 1. The molecule has 8 heteroatoms. The summed E-state index contributed by atoms with van der Waals surface area (Å²) in [6.45, 7) is 6.23. The molecule has 0 amide bonds. The van der Waals surface area contributed by atoms with E-state index in [-0.39, 0.29) is 5.56 Å². The highest BCUT2D eigenvalue weighted by molar-refractivity contribution is 7.98. The molecule has 0 N–H and O–H groups in total. The Balaban J connectivity index is 1.66. The number of thiazole rings is 1. The minimum Gasteiger partial charge on any atom is -0.268 e. The third-order valence-electron chi connectivity index (χ3n) is 5.40. The minimum atomic E-state index is -0.0901. The summed E-state index contributed by atoms with van der Waals surface area (Å²) in [5.74, 6) is 1.23. The van der Waals surface area contributed by atoms with Gasteiger partial charge in [-0.3, -0.25) is 9.20 Å². The first-order chi connectivity index (χ1) is 15.6. The van der Waals surface area contributed by atoms with Crippen molar-refractivity contribution in [3.05, 3.63) is 80.0 Å². The summed E-state index contributed by atoms with van der Waals surface area (Å²) < 4.78 is 3.66. The predicted molar refractivity (Wildman–Crippen MR) is 131 cm³/mol. The number of hydrogen-bond acceptors (Lipinski definition) is 6. The van der Waals surface area contributed by atoms with Crippen LogP contribution in [0.15, 0.2) is 57.8 Å². The first-order valence-electron chi connectivity index (χ1n) is 10.6. The Morgan fingerprint density at radius 1 is 1.09 bits per heavy atom. The van der Waals surface area contributed by atoms with E-state index >= 15 is 0 Å². The lowest BCUT2D eigenvalue weighted by Gasteiger charge is -2.13. The molecule has 0 radical (unpaired) electrons. The number of aryl methyl sites for hydroxylation is 3.